The molecule has 0 saturated carbocycles. The predicted octanol–water partition coefficient (Wildman–Crippen LogP) is 2.22. The fourth-order valence-corrected chi connectivity index (χ4v) is 2.72. The van der Waals surface area contributed by atoms with E-state index in [0.717, 1.165) is 5.56 Å². The highest BCUT2D eigenvalue weighted by atomic mass is 16.5. The lowest BCUT2D eigenvalue weighted by Crippen LogP contribution is -2.51. The molecule has 0 bridgehead atoms. The van der Waals surface area contributed by atoms with Crippen LogP contribution in [0.5, 0.6) is 5.75 Å². The van der Waals surface area contributed by atoms with Gasteiger partial charge in [-0.3, -0.25) is 4.79 Å². The summed E-state index contributed by atoms with van der Waals surface area (Å²) in [6.07, 6.45) is 0.0813. The van der Waals surface area contributed by atoms with Gasteiger partial charge in [0.05, 0.1) is 5.94 Å². The molecule has 0 aromatic heterocycles. The van der Waals surface area contributed by atoms with Crippen LogP contribution in [0.3, 0.4) is 0 Å². The van der Waals surface area contributed by atoms with E-state index in [-0.39, 0.29) is 11.8 Å². The molecule has 2 rings (SSSR count). The van der Waals surface area contributed by atoms with Gasteiger partial charge in [0, 0.05) is 6.42 Å². The first kappa shape index (κ1) is 20.0. The van der Waals surface area contributed by atoms with Gasteiger partial charge in [0.25, 0.3) is 5.91 Å². The highest BCUT2D eigenvalue weighted by Gasteiger charge is 2.30. The second kappa shape index (κ2) is 9.99. The van der Waals surface area contributed by atoms with E-state index in [1.165, 1.54) is 0 Å². The average Bonchev–Trinajstić information content (AvgIpc) is 2.62. The smallest absolute Gasteiger partial charge is 0.475 e. The van der Waals surface area contributed by atoms with Crippen LogP contribution in [-0.2, 0) is 11.2 Å². The number of carbonyl (C=O) groups is 1. The van der Waals surface area contributed by atoms with Gasteiger partial charge in [0.1, 0.15) is 5.75 Å². The molecule has 1 amide bonds. The van der Waals surface area contributed by atoms with E-state index >= 15 is 0 Å². The van der Waals surface area contributed by atoms with Gasteiger partial charge in [0.15, 0.2) is 6.10 Å². The average molecular weight is 355 g/mol. The normalized spacial score (nSPS) is 13.1. The van der Waals surface area contributed by atoms with Crippen molar-refractivity contribution in [2.45, 2.75) is 38.7 Å². The maximum absolute atomic E-state index is 12.8. The summed E-state index contributed by atoms with van der Waals surface area (Å²) in [5, 5.41) is 21.9. The van der Waals surface area contributed by atoms with Crippen LogP contribution < -0.4 is 10.1 Å². The van der Waals surface area contributed by atoms with E-state index in [1.54, 1.807) is 12.1 Å². The summed E-state index contributed by atoms with van der Waals surface area (Å²) in [7, 11) is -1.62. The summed E-state index contributed by atoms with van der Waals surface area (Å²) in [6, 6.07) is 18.7. The molecule has 0 aliphatic rings. The standard InChI is InChI=1S/C20H26BNO4/c1-15(2)13-19(21(24)25)22-20(23)18(14-16-9-5-3-6-10-16)26-17-11-7-4-8-12-17/h3-12,15,18-19,24-25H,13-14H2,1-2H3,(H,22,23)/t18-,19-/m0/s1. The van der Waals surface area contributed by atoms with Gasteiger partial charge >= 0.3 is 7.12 Å². The minimum absolute atomic E-state index is 0.213. The molecule has 2 aromatic rings. The van der Waals surface area contributed by atoms with Crippen molar-refractivity contribution in [2.75, 3.05) is 0 Å². The van der Waals surface area contributed by atoms with Gasteiger partial charge in [-0.1, -0.05) is 62.4 Å². The van der Waals surface area contributed by atoms with Crippen LogP contribution in [0.1, 0.15) is 25.8 Å². The van der Waals surface area contributed by atoms with Gasteiger partial charge in [-0.25, -0.2) is 0 Å². The molecule has 0 radical (unpaired) electrons. The third-order valence-corrected chi connectivity index (χ3v) is 3.99. The Morgan fingerprint density at radius 1 is 1.04 bits per heavy atom. The van der Waals surface area contributed by atoms with Crippen LogP contribution in [0.25, 0.3) is 0 Å². The van der Waals surface area contributed by atoms with Crippen molar-refractivity contribution in [1.29, 1.82) is 0 Å². The first-order chi connectivity index (χ1) is 12.5. The molecule has 0 heterocycles. The Morgan fingerprint density at radius 2 is 1.62 bits per heavy atom. The van der Waals surface area contributed by atoms with E-state index in [2.05, 4.69) is 5.32 Å². The quantitative estimate of drug-likeness (QED) is 0.603. The minimum atomic E-state index is -1.62. The molecule has 0 unspecified atom stereocenters. The molecule has 3 N–H and O–H groups in total. The molecular formula is C20H26BNO4. The van der Waals surface area contributed by atoms with E-state index in [4.69, 9.17) is 4.74 Å². The first-order valence-corrected chi connectivity index (χ1v) is 8.88. The van der Waals surface area contributed by atoms with Crippen molar-refractivity contribution >= 4 is 13.0 Å². The molecule has 0 fully saturated rings. The first-order valence-electron chi connectivity index (χ1n) is 8.88. The molecule has 0 spiro atoms. The highest BCUT2D eigenvalue weighted by molar-refractivity contribution is 6.43. The van der Waals surface area contributed by atoms with Crippen molar-refractivity contribution in [3.05, 3.63) is 66.2 Å². The fraction of sp³-hybridized carbons (Fsp3) is 0.350. The van der Waals surface area contributed by atoms with E-state index in [0.29, 0.717) is 18.6 Å². The lowest BCUT2D eigenvalue weighted by molar-refractivity contribution is -0.128. The number of ether oxygens (including phenoxy) is 1. The van der Waals surface area contributed by atoms with Gasteiger partial charge in [-0.05, 0) is 30.0 Å². The Labute approximate surface area is 155 Å². The van der Waals surface area contributed by atoms with Crippen LogP contribution in [0, 0.1) is 5.92 Å². The molecule has 0 aliphatic carbocycles. The van der Waals surface area contributed by atoms with Gasteiger partial charge < -0.3 is 20.1 Å². The molecule has 138 valence electrons. The van der Waals surface area contributed by atoms with Crippen LogP contribution in [0.15, 0.2) is 60.7 Å². The Hall–Kier alpha value is -2.31. The number of hydrogen-bond acceptors (Lipinski definition) is 4. The van der Waals surface area contributed by atoms with Crippen LogP contribution in [0.4, 0.5) is 0 Å². The summed E-state index contributed by atoms with van der Waals surface area (Å²) in [5.74, 6) is -0.296. The zero-order chi connectivity index (χ0) is 18.9. The van der Waals surface area contributed by atoms with E-state index < -0.39 is 19.2 Å². The molecule has 2 aromatic carbocycles. The molecule has 5 nitrogen and oxygen atoms in total. The van der Waals surface area contributed by atoms with Crippen molar-refractivity contribution in [3.8, 4) is 5.75 Å². The van der Waals surface area contributed by atoms with Crippen LogP contribution >= 0.6 is 0 Å². The maximum atomic E-state index is 12.8. The van der Waals surface area contributed by atoms with Crippen molar-refractivity contribution < 1.29 is 19.6 Å². The molecule has 0 saturated heterocycles. The molecule has 26 heavy (non-hydrogen) atoms. The predicted molar refractivity (Wildman–Crippen MR) is 103 cm³/mol. The number of benzene rings is 2. The number of nitrogens with one attached hydrogen (secondary N) is 1. The van der Waals surface area contributed by atoms with Gasteiger partial charge in [-0.2, -0.15) is 0 Å². The zero-order valence-corrected chi connectivity index (χ0v) is 15.2. The van der Waals surface area contributed by atoms with Gasteiger partial charge in [0.2, 0.25) is 0 Å². The second-order valence-electron chi connectivity index (χ2n) is 6.77. The van der Waals surface area contributed by atoms with Crippen molar-refractivity contribution in [2.24, 2.45) is 5.92 Å². The Bertz CT molecular complexity index is 623. The molecule has 0 aliphatic heterocycles. The minimum Gasteiger partial charge on any atom is -0.480 e. The second-order valence-corrected chi connectivity index (χ2v) is 6.77. The third kappa shape index (κ3) is 6.54. The van der Waals surface area contributed by atoms with Crippen LogP contribution in [0.2, 0.25) is 0 Å². The number of hydrogen-bond donors (Lipinski definition) is 3. The third-order valence-electron chi connectivity index (χ3n) is 3.99. The summed E-state index contributed by atoms with van der Waals surface area (Å²) in [6.45, 7) is 3.92. The lowest BCUT2D eigenvalue weighted by Gasteiger charge is -2.24. The SMILES string of the molecule is CC(C)C[C@H](NC(=O)[C@H](Cc1ccccc1)Oc1ccccc1)B(O)O. The molecule has 6 heteroatoms. The monoisotopic (exact) mass is 355 g/mol. The fourth-order valence-electron chi connectivity index (χ4n) is 2.72. The Kier molecular flexibility index (Phi) is 7.69. The summed E-state index contributed by atoms with van der Waals surface area (Å²) < 4.78 is 5.89. The number of rotatable bonds is 9. The largest absolute Gasteiger partial charge is 0.480 e. The highest BCUT2D eigenvalue weighted by Crippen LogP contribution is 2.15. The van der Waals surface area contributed by atoms with E-state index in [9.17, 15) is 14.8 Å². The molecular weight excluding hydrogens is 329 g/mol. The molecule has 2 atom stereocenters. The van der Waals surface area contributed by atoms with Crippen LogP contribution in [-0.4, -0.2) is 35.1 Å². The van der Waals surface area contributed by atoms with Crippen molar-refractivity contribution in [3.63, 3.8) is 0 Å². The number of carbonyl (C=O) groups excluding carboxylic acids is 1. The zero-order valence-electron chi connectivity index (χ0n) is 15.2. The summed E-state index contributed by atoms with van der Waals surface area (Å²) in [4.78, 5) is 12.8. The number of para-hydroxylation sites is 1. The topological polar surface area (TPSA) is 78.8 Å². The summed E-state index contributed by atoms with van der Waals surface area (Å²) >= 11 is 0. The Balaban J connectivity index is 2.14. The van der Waals surface area contributed by atoms with Gasteiger partial charge in [-0.15, -0.1) is 0 Å². The number of amides is 1. The van der Waals surface area contributed by atoms with E-state index in [1.807, 2.05) is 62.4 Å². The lowest BCUT2D eigenvalue weighted by atomic mass is 9.75. The maximum Gasteiger partial charge on any atom is 0.475 e. The van der Waals surface area contributed by atoms with Crippen molar-refractivity contribution in [1.82, 2.24) is 5.32 Å². The summed E-state index contributed by atoms with van der Waals surface area (Å²) in [5.41, 5.74) is 0.966. The Morgan fingerprint density at radius 3 is 2.15 bits per heavy atom.